The first-order chi connectivity index (χ1) is 37.5. The number of carbonyl (C=O) groups is 1. The molecule has 5 atom stereocenters. The summed E-state index contributed by atoms with van der Waals surface area (Å²) in [6.45, 7) is 7.48. The molecule has 2 aliphatic heterocycles. The Morgan fingerprint density at radius 3 is 2.06 bits per heavy atom. The molecule has 0 bridgehead atoms. The van der Waals surface area contributed by atoms with Crippen LogP contribution in [0, 0.1) is 22.4 Å². The molecule has 0 spiro atoms. The highest BCUT2D eigenvalue weighted by Crippen LogP contribution is 2.59. The van der Waals surface area contributed by atoms with Crippen LogP contribution in [0.1, 0.15) is 31.2 Å². The predicted molar refractivity (Wildman–Crippen MR) is 266 cm³/mol. The molecule has 28 nitrogen and oxygen atoms in total. The van der Waals surface area contributed by atoms with Crippen LogP contribution in [0.25, 0.3) is 11.0 Å². The number of ether oxygens (including phenoxy) is 10. The molecule has 5 heterocycles. The molecule has 2 aliphatic rings. The third-order valence-corrected chi connectivity index (χ3v) is 15.5. The number of rotatable bonds is 39. The Morgan fingerprint density at radius 1 is 0.859 bits per heavy atom. The van der Waals surface area contributed by atoms with Crippen molar-refractivity contribution in [2.24, 2.45) is 4.95 Å². The van der Waals surface area contributed by atoms with Gasteiger partial charge < -0.3 is 71.7 Å². The molecule has 2 fully saturated rings. The van der Waals surface area contributed by atoms with Gasteiger partial charge in [0.1, 0.15) is 29.3 Å². The van der Waals surface area contributed by atoms with Crippen molar-refractivity contribution in [1.82, 2.24) is 39.6 Å². The molecule has 2 saturated heterocycles. The number of likely N-dealkylation sites (tertiary alicyclic amines) is 1. The van der Waals surface area contributed by atoms with Crippen LogP contribution in [0.2, 0.25) is 5.28 Å². The number of nitrogens with zero attached hydrogens (tertiary/aromatic N) is 10. The summed E-state index contributed by atoms with van der Waals surface area (Å²) < 4.78 is 127. The molecule has 436 valence electrons. The first-order valence-electron chi connectivity index (χ1n) is 24.7. The van der Waals surface area contributed by atoms with Crippen molar-refractivity contribution in [2.75, 3.05) is 143 Å². The Morgan fingerprint density at radius 2 is 1.45 bits per heavy atom. The second-order valence-electron chi connectivity index (χ2n) is 17.5. The molecule has 6 rings (SSSR count). The van der Waals surface area contributed by atoms with E-state index in [2.05, 4.69) is 40.0 Å². The van der Waals surface area contributed by atoms with E-state index in [4.69, 9.17) is 68.5 Å². The number of aliphatic hydroxyl groups excluding tert-OH is 1. The van der Waals surface area contributed by atoms with Gasteiger partial charge in [0.15, 0.2) is 23.5 Å². The zero-order valence-electron chi connectivity index (χ0n) is 42.6. The minimum atomic E-state index is -4.89. The number of benzene rings is 1. The second-order valence-corrected chi connectivity index (χ2v) is 22.0. The van der Waals surface area contributed by atoms with Crippen LogP contribution in [0.4, 0.5) is 19.0 Å². The molecule has 0 radical (unpaired) electrons. The molecule has 3 aromatic heterocycles. The molecule has 78 heavy (non-hydrogen) atoms. The molecule has 1 aromatic carbocycles. The number of aromatic nitrogens is 7. The van der Waals surface area contributed by atoms with Crippen LogP contribution in [0.3, 0.4) is 0 Å². The maximum absolute atomic E-state index is 13.6. The van der Waals surface area contributed by atoms with Crippen LogP contribution in [0.15, 0.2) is 29.5 Å². The van der Waals surface area contributed by atoms with E-state index in [1.54, 1.807) is 17.1 Å². The fourth-order valence-corrected chi connectivity index (χ4v) is 10.8. The summed E-state index contributed by atoms with van der Waals surface area (Å²) >= 11 is 6.39. The standard InChI is InChI=1S/C44H64ClF3N10O18P2/c1-55(42-34-25-49-58(43(34)51-44(45)50-42)39-24-37(59)38(75-39)29-74-77(62,54-61)30-78(63,64)65)33-2-4-56(27-33)5-8-67-11-14-70-18-19-72-20-21-73-28-32-26-57(53-52-32)6-9-68-12-15-71-17-16-69-13-10-66-7-3-40(60)76-41-35(47)22-31(46)23-36(41)48/h22-23,25-26,33,37-39,59H,2-21,24,27-30H2,1H3,(H2,63,64,65)/t33?,37-,38?,39+,77?/m0/s1. The van der Waals surface area contributed by atoms with Gasteiger partial charge in [0.05, 0.1) is 149 Å². The smallest absolute Gasteiger partial charge is 0.364 e. The Balaban J connectivity index is 0.712. The van der Waals surface area contributed by atoms with Gasteiger partial charge in [-0.3, -0.25) is 18.8 Å². The maximum Gasteiger partial charge on any atom is 0.364 e. The van der Waals surface area contributed by atoms with Crippen LogP contribution in [-0.4, -0.2) is 217 Å². The Labute approximate surface area is 450 Å². The van der Waals surface area contributed by atoms with E-state index in [0.717, 1.165) is 19.5 Å². The quantitative estimate of drug-likeness (QED) is 0.0144. The minimum Gasteiger partial charge on any atom is -0.420 e. The van der Waals surface area contributed by atoms with Crippen LogP contribution in [0.5, 0.6) is 5.75 Å². The van der Waals surface area contributed by atoms with E-state index < -0.39 is 75.2 Å². The zero-order chi connectivity index (χ0) is 55.9. The molecule has 34 heteroatoms. The summed E-state index contributed by atoms with van der Waals surface area (Å²) in [7, 11) is -7.56. The lowest BCUT2D eigenvalue weighted by molar-refractivity contribution is -0.136. The highest BCUT2D eigenvalue weighted by Gasteiger charge is 2.41. The summed E-state index contributed by atoms with van der Waals surface area (Å²) in [4.78, 5) is 56.6. The van der Waals surface area contributed by atoms with E-state index in [9.17, 15) is 37.1 Å². The van der Waals surface area contributed by atoms with Crippen molar-refractivity contribution in [3.8, 4) is 5.75 Å². The predicted octanol–water partition coefficient (Wildman–Crippen LogP) is 3.09. The maximum atomic E-state index is 13.6. The van der Waals surface area contributed by atoms with Crippen molar-refractivity contribution in [2.45, 2.75) is 56.9 Å². The van der Waals surface area contributed by atoms with E-state index in [1.807, 2.05) is 11.9 Å². The van der Waals surface area contributed by atoms with Gasteiger partial charge in [0, 0.05) is 56.2 Å². The minimum absolute atomic E-state index is 0.00434. The SMILES string of the molecule is CN(c1nc(Cl)nc2c1cnn2[C@H]1C[C@H](O)C(COP(=O)(CP(=O)(O)O)N=O)O1)C1CCN(CCOCCOCCOCCOCc2cn(CCOCCOCCOCCOCCC(=O)Oc3c(F)cc(F)cc3F)nn2)C1. The summed E-state index contributed by atoms with van der Waals surface area (Å²) in [5.74, 6) is -6.47. The monoisotopic (exact) mass is 1170 g/mol. The molecule has 3 N–H and O–H groups in total. The number of likely N-dealkylation sites (N-methyl/N-ethyl adjacent to an activating group) is 1. The summed E-state index contributed by atoms with van der Waals surface area (Å²) in [5.41, 5.74) is 1.00. The van der Waals surface area contributed by atoms with Crippen LogP contribution in [-0.2, 0) is 74.2 Å². The molecule has 4 aromatic rings. The van der Waals surface area contributed by atoms with Crippen LogP contribution < -0.4 is 9.64 Å². The van der Waals surface area contributed by atoms with Gasteiger partial charge in [-0.15, -0.1) is 10.0 Å². The summed E-state index contributed by atoms with van der Waals surface area (Å²) in [5, 5.41) is 23.8. The van der Waals surface area contributed by atoms with Gasteiger partial charge in [-0.25, -0.2) is 22.5 Å². The highest BCUT2D eigenvalue weighted by molar-refractivity contribution is 7.72. The summed E-state index contributed by atoms with van der Waals surface area (Å²) in [6, 6.07) is 0.916. The van der Waals surface area contributed by atoms with E-state index in [1.165, 1.54) is 4.68 Å². The van der Waals surface area contributed by atoms with Crippen molar-refractivity contribution >= 4 is 49.5 Å². The Kier molecular flexibility index (Phi) is 26.0. The third kappa shape index (κ3) is 21.0. The van der Waals surface area contributed by atoms with Crippen molar-refractivity contribution in [3.63, 3.8) is 0 Å². The first kappa shape index (κ1) is 62.9. The normalized spacial score (nSPS) is 18.8. The number of anilines is 1. The topological polar surface area (TPSA) is 324 Å². The number of hydrogen-bond acceptors (Lipinski definition) is 23. The second kappa shape index (κ2) is 32.3. The van der Waals surface area contributed by atoms with Crippen molar-refractivity contribution in [3.05, 3.63) is 57.9 Å². The van der Waals surface area contributed by atoms with Crippen LogP contribution >= 0.6 is 26.7 Å². The number of hydrogen-bond donors (Lipinski definition) is 3. The van der Waals surface area contributed by atoms with E-state index in [-0.39, 0.29) is 50.6 Å². The largest absolute Gasteiger partial charge is 0.420 e. The number of nitroso groups, excluding NO2 is 1. The van der Waals surface area contributed by atoms with E-state index in [0.29, 0.717) is 127 Å². The number of halogens is 4. The average molecular weight is 1180 g/mol. The fraction of sp³-hybridized carbons (Fsp3) is 0.682. The molecule has 0 saturated carbocycles. The number of esters is 1. The summed E-state index contributed by atoms with van der Waals surface area (Å²) in [6.07, 6.45) is 0.769. The third-order valence-electron chi connectivity index (χ3n) is 11.7. The van der Waals surface area contributed by atoms with Crippen molar-refractivity contribution < 1.29 is 93.9 Å². The lowest BCUT2D eigenvalue weighted by atomic mass is 10.2. The van der Waals surface area contributed by atoms with E-state index >= 15 is 0 Å². The number of aliphatic hydroxyl groups is 1. The average Bonchev–Trinajstić information content (AvgIpc) is 4.37. The number of carbonyl (C=O) groups excluding carboxylic acids is 1. The molecule has 3 unspecified atom stereocenters. The highest BCUT2D eigenvalue weighted by atomic mass is 35.5. The fourth-order valence-electron chi connectivity index (χ4n) is 7.81. The lowest BCUT2D eigenvalue weighted by Gasteiger charge is -2.26. The molecule has 0 amide bonds. The zero-order valence-corrected chi connectivity index (χ0v) is 45.2. The van der Waals surface area contributed by atoms with Gasteiger partial charge in [0.25, 0.3) is 0 Å². The van der Waals surface area contributed by atoms with Gasteiger partial charge >= 0.3 is 21.1 Å². The van der Waals surface area contributed by atoms with Crippen molar-refractivity contribution in [1.29, 1.82) is 0 Å². The van der Waals surface area contributed by atoms with Gasteiger partial charge in [-0.2, -0.15) is 15.1 Å². The van der Waals surface area contributed by atoms with Gasteiger partial charge in [-0.1, -0.05) is 5.21 Å². The molecular weight excluding hydrogens is 1110 g/mol. The number of fused-ring (bicyclic) bond motifs is 1. The lowest BCUT2D eigenvalue weighted by Crippen LogP contribution is -2.36. The molecular formula is C44H64ClF3N10O18P2. The Bertz CT molecular complexity index is 2570. The van der Waals surface area contributed by atoms with Gasteiger partial charge in [0.2, 0.25) is 11.0 Å². The Hall–Kier alpha value is -4.24. The molecule has 0 aliphatic carbocycles. The first-order valence-corrected chi connectivity index (χ1v) is 28.6. The van der Waals surface area contributed by atoms with Gasteiger partial charge in [-0.05, 0) is 18.0 Å².